The monoisotopic (exact) mass is 272 g/mol. The number of nitrogens with one attached hydrogen (secondary N) is 1. The molecule has 0 bridgehead atoms. The van der Waals surface area contributed by atoms with Crippen LogP contribution in [0.25, 0.3) is 0 Å². The zero-order chi connectivity index (χ0) is 13.4. The van der Waals surface area contributed by atoms with Crippen molar-refractivity contribution in [2.75, 3.05) is 18.5 Å². The van der Waals surface area contributed by atoms with Crippen LogP contribution in [0.15, 0.2) is 29.2 Å². The summed E-state index contributed by atoms with van der Waals surface area (Å²) >= 11 is 0. The van der Waals surface area contributed by atoms with Gasteiger partial charge in [-0.1, -0.05) is 25.0 Å². The standard InChI is InChI=1S/C12H20N2O3S/c13-18(16,17)12-8-4-3-7-11(12)14-9-5-1-2-6-10-15/h3-4,7-8,14-15H,1-2,5-6,9-10H2,(H2,13,16,17). The van der Waals surface area contributed by atoms with E-state index in [0.29, 0.717) is 12.2 Å². The molecule has 0 aliphatic heterocycles. The van der Waals surface area contributed by atoms with Crippen LogP contribution in [-0.2, 0) is 10.0 Å². The molecule has 0 unspecified atom stereocenters. The second-order valence-electron chi connectivity index (χ2n) is 4.11. The first-order chi connectivity index (χ1) is 8.55. The zero-order valence-electron chi connectivity index (χ0n) is 10.3. The fourth-order valence-corrected chi connectivity index (χ4v) is 2.39. The van der Waals surface area contributed by atoms with Crippen molar-refractivity contribution in [3.8, 4) is 0 Å². The molecule has 0 saturated carbocycles. The first-order valence-electron chi connectivity index (χ1n) is 6.02. The van der Waals surface area contributed by atoms with Gasteiger partial charge in [-0.25, -0.2) is 13.6 Å². The maximum absolute atomic E-state index is 11.3. The molecule has 18 heavy (non-hydrogen) atoms. The van der Waals surface area contributed by atoms with Gasteiger partial charge in [-0.3, -0.25) is 0 Å². The average Bonchev–Trinajstić information content (AvgIpc) is 2.33. The van der Waals surface area contributed by atoms with Crippen LogP contribution in [0.2, 0.25) is 0 Å². The fourth-order valence-electron chi connectivity index (χ4n) is 1.67. The van der Waals surface area contributed by atoms with Crippen molar-refractivity contribution in [3.05, 3.63) is 24.3 Å². The summed E-state index contributed by atoms with van der Waals surface area (Å²) in [7, 11) is -3.68. The van der Waals surface area contributed by atoms with Crippen molar-refractivity contribution >= 4 is 15.7 Å². The highest BCUT2D eigenvalue weighted by atomic mass is 32.2. The van der Waals surface area contributed by atoms with E-state index in [2.05, 4.69) is 5.32 Å². The maximum atomic E-state index is 11.3. The van der Waals surface area contributed by atoms with E-state index >= 15 is 0 Å². The van der Waals surface area contributed by atoms with Gasteiger partial charge in [0.1, 0.15) is 4.90 Å². The highest BCUT2D eigenvalue weighted by Crippen LogP contribution is 2.19. The van der Waals surface area contributed by atoms with Crippen molar-refractivity contribution in [2.24, 2.45) is 5.14 Å². The van der Waals surface area contributed by atoms with Crippen molar-refractivity contribution in [2.45, 2.75) is 30.6 Å². The number of sulfonamides is 1. The summed E-state index contributed by atoms with van der Waals surface area (Å²) in [5.74, 6) is 0. The van der Waals surface area contributed by atoms with E-state index in [1.807, 2.05) is 0 Å². The topological polar surface area (TPSA) is 92.4 Å². The molecule has 0 aliphatic carbocycles. The molecule has 0 heterocycles. The SMILES string of the molecule is NS(=O)(=O)c1ccccc1NCCCCCCO. The van der Waals surface area contributed by atoms with Crippen LogP contribution in [0.5, 0.6) is 0 Å². The minimum absolute atomic E-state index is 0.125. The number of unbranched alkanes of at least 4 members (excludes halogenated alkanes) is 3. The molecule has 0 saturated heterocycles. The summed E-state index contributed by atoms with van der Waals surface area (Å²) in [4.78, 5) is 0.125. The average molecular weight is 272 g/mol. The van der Waals surface area contributed by atoms with Crippen LogP contribution < -0.4 is 10.5 Å². The Kier molecular flexibility index (Phi) is 6.11. The van der Waals surface area contributed by atoms with Crippen LogP contribution in [-0.4, -0.2) is 26.7 Å². The Morgan fingerprint density at radius 2 is 1.78 bits per heavy atom. The van der Waals surface area contributed by atoms with E-state index in [-0.39, 0.29) is 11.5 Å². The summed E-state index contributed by atoms with van der Waals surface area (Å²) in [6.07, 6.45) is 3.73. The van der Waals surface area contributed by atoms with Crippen molar-refractivity contribution in [3.63, 3.8) is 0 Å². The van der Waals surface area contributed by atoms with E-state index in [0.717, 1.165) is 25.7 Å². The zero-order valence-corrected chi connectivity index (χ0v) is 11.1. The van der Waals surface area contributed by atoms with Gasteiger partial charge in [0, 0.05) is 13.2 Å². The van der Waals surface area contributed by atoms with Crippen LogP contribution in [0, 0.1) is 0 Å². The van der Waals surface area contributed by atoms with Gasteiger partial charge < -0.3 is 10.4 Å². The molecule has 0 aliphatic rings. The Hall–Kier alpha value is -1.11. The van der Waals surface area contributed by atoms with Gasteiger partial charge in [0.05, 0.1) is 5.69 Å². The van der Waals surface area contributed by atoms with Crippen LogP contribution in [0.4, 0.5) is 5.69 Å². The summed E-state index contributed by atoms with van der Waals surface area (Å²) < 4.78 is 22.7. The summed E-state index contributed by atoms with van der Waals surface area (Å²) in [6.45, 7) is 0.916. The summed E-state index contributed by atoms with van der Waals surface area (Å²) in [6, 6.07) is 6.60. The first-order valence-corrected chi connectivity index (χ1v) is 7.57. The van der Waals surface area contributed by atoms with Crippen LogP contribution in [0.3, 0.4) is 0 Å². The number of nitrogens with two attached hydrogens (primary N) is 1. The molecule has 0 atom stereocenters. The quantitative estimate of drug-likeness (QED) is 0.622. The molecule has 1 aromatic carbocycles. The number of rotatable bonds is 8. The van der Waals surface area contributed by atoms with Gasteiger partial charge in [-0.15, -0.1) is 0 Å². The lowest BCUT2D eigenvalue weighted by molar-refractivity contribution is 0.283. The Morgan fingerprint density at radius 1 is 1.11 bits per heavy atom. The molecule has 1 aromatic rings. The highest BCUT2D eigenvalue weighted by Gasteiger charge is 2.12. The number of aliphatic hydroxyl groups excluding tert-OH is 1. The van der Waals surface area contributed by atoms with Gasteiger partial charge in [0.2, 0.25) is 10.0 Å². The maximum Gasteiger partial charge on any atom is 0.240 e. The molecule has 102 valence electrons. The van der Waals surface area contributed by atoms with E-state index in [4.69, 9.17) is 10.2 Å². The fraction of sp³-hybridized carbons (Fsp3) is 0.500. The second-order valence-corrected chi connectivity index (χ2v) is 5.64. The van der Waals surface area contributed by atoms with E-state index in [1.54, 1.807) is 18.2 Å². The lowest BCUT2D eigenvalue weighted by atomic mass is 10.2. The highest BCUT2D eigenvalue weighted by molar-refractivity contribution is 7.89. The predicted octanol–water partition coefficient (Wildman–Crippen LogP) is 1.30. The smallest absolute Gasteiger partial charge is 0.240 e. The number of hydrogen-bond acceptors (Lipinski definition) is 4. The summed E-state index contributed by atoms with van der Waals surface area (Å²) in [5, 5.41) is 16.8. The third-order valence-electron chi connectivity index (χ3n) is 2.59. The van der Waals surface area contributed by atoms with Crippen molar-refractivity contribution in [1.82, 2.24) is 0 Å². The van der Waals surface area contributed by atoms with Crippen molar-refractivity contribution < 1.29 is 13.5 Å². The van der Waals surface area contributed by atoms with E-state index in [1.165, 1.54) is 6.07 Å². The van der Waals surface area contributed by atoms with Gasteiger partial charge in [-0.2, -0.15) is 0 Å². The van der Waals surface area contributed by atoms with Crippen LogP contribution in [0.1, 0.15) is 25.7 Å². The predicted molar refractivity (Wildman–Crippen MR) is 71.9 cm³/mol. The molecular formula is C12H20N2O3S. The summed E-state index contributed by atoms with van der Waals surface area (Å²) in [5.41, 5.74) is 0.544. The lowest BCUT2D eigenvalue weighted by Crippen LogP contribution is -2.15. The van der Waals surface area contributed by atoms with E-state index in [9.17, 15) is 8.42 Å². The molecule has 0 aromatic heterocycles. The Balaban J connectivity index is 2.48. The largest absolute Gasteiger partial charge is 0.396 e. The number of anilines is 1. The molecule has 1 rings (SSSR count). The molecule has 0 fully saturated rings. The molecule has 5 nitrogen and oxygen atoms in total. The molecule has 0 amide bonds. The third kappa shape index (κ3) is 5.03. The Labute approximate surface area is 108 Å². The number of aliphatic hydroxyl groups is 1. The van der Waals surface area contributed by atoms with E-state index < -0.39 is 10.0 Å². The van der Waals surface area contributed by atoms with Gasteiger partial charge in [-0.05, 0) is 25.0 Å². The number of hydrogen-bond donors (Lipinski definition) is 3. The normalized spacial score (nSPS) is 11.4. The Morgan fingerprint density at radius 3 is 2.44 bits per heavy atom. The Bertz CT molecular complexity index is 460. The minimum atomic E-state index is -3.68. The van der Waals surface area contributed by atoms with Crippen molar-refractivity contribution in [1.29, 1.82) is 0 Å². The molecule has 0 spiro atoms. The molecule has 4 N–H and O–H groups in total. The van der Waals surface area contributed by atoms with Gasteiger partial charge >= 0.3 is 0 Å². The molecule has 0 radical (unpaired) electrons. The van der Waals surface area contributed by atoms with Gasteiger partial charge in [0.25, 0.3) is 0 Å². The molecular weight excluding hydrogens is 252 g/mol. The molecule has 6 heteroatoms. The number of para-hydroxylation sites is 1. The second kappa shape index (κ2) is 7.35. The number of benzene rings is 1. The van der Waals surface area contributed by atoms with Crippen LogP contribution >= 0.6 is 0 Å². The number of primary sulfonamides is 1. The first kappa shape index (κ1) is 14.9. The van der Waals surface area contributed by atoms with Gasteiger partial charge in [0.15, 0.2) is 0 Å². The minimum Gasteiger partial charge on any atom is -0.396 e. The lowest BCUT2D eigenvalue weighted by Gasteiger charge is -2.10. The third-order valence-corrected chi connectivity index (χ3v) is 3.56.